The number of carbonyl (C=O) groups is 2. The number of nitrogens with zero attached hydrogens (tertiary/aromatic N) is 2. The minimum absolute atomic E-state index is 0.155. The van der Waals surface area contributed by atoms with E-state index >= 15 is 0 Å². The van der Waals surface area contributed by atoms with Crippen molar-refractivity contribution in [2.75, 3.05) is 33.7 Å². The number of rotatable bonds is 3. The molecule has 1 heterocycles. The second-order valence-electron chi connectivity index (χ2n) is 3.92. The van der Waals surface area contributed by atoms with Gasteiger partial charge in [0, 0.05) is 53.0 Å². The molecule has 0 radical (unpaired) electrons. The van der Waals surface area contributed by atoms with Crippen molar-refractivity contribution in [2.45, 2.75) is 19.3 Å². The summed E-state index contributed by atoms with van der Waals surface area (Å²) in [5.74, 6) is 0.502. The van der Waals surface area contributed by atoms with Crippen LogP contribution in [0.1, 0.15) is 19.3 Å². The zero-order valence-corrected chi connectivity index (χ0v) is 8.95. The summed E-state index contributed by atoms with van der Waals surface area (Å²) >= 11 is 0. The Morgan fingerprint density at radius 3 is 2.43 bits per heavy atom. The Balaban J connectivity index is 2.19. The minimum atomic E-state index is 0.155. The predicted molar refractivity (Wildman–Crippen MR) is 54.0 cm³/mol. The molecule has 1 aliphatic heterocycles. The smallest absolute Gasteiger partial charge is 0.223 e. The maximum Gasteiger partial charge on any atom is 0.223 e. The summed E-state index contributed by atoms with van der Waals surface area (Å²) in [6.45, 7) is 2.42. The molecule has 1 amide bonds. The van der Waals surface area contributed by atoms with Crippen LogP contribution in [-0.4, -0.2) is 55.2 Å². The van der Waals surface area contributed by atoms with Gasteiger partial charge in [0.25, 0.3) is 0 Å². The zero-order chi connectivity index (χ0) is 10.6. The van der Waals surface area contributed by atoms with E-state index < -0.39 is 0 Å². The van der Waals surface area contributed by atoms with E-state index in [1.165, 1.54) is 0 Å². The zero-order valence-electron chi connectivity index (χ0n) is 8.95. The van der Waals surface area contributed by atoms with Crippen LogP contribution in [-0.2, 0) is 9.59 Å². The summed E-state index contributed by atoms with van der Waals surface area (Å²) in [5, 5.41) is 0. The number of hydrogen-bond acceptors (Lipinski definition) is 3. The van der Waals surface area contributed by atoms with Gasteiger partial charge in [-0.2, -0.15) is 0 Å². The third kappa shape index (κ3) is 3.46. The van der Waals surface area contributed by atoms with E-state index in [1.54, 1.807) is 19.0 Å². The normalized spacial score (nSPS) is 18.3. The summed E-state index contributed by atoms with van der Waals surface area (Å²) in [6, 6.07) is 0. The molecule has 0 bridgehead atoms. The summed E-state index contributed by atoms with van der Waals surface area (Å²) in [7, 11) is 3.53. The van der Waals surface area contributed by atoms with Crippen LogP contribution in [0, 0.1) is 0 Å². The second-order valence-corrected chi connectivity index (χ2v) is 3.92. The van der Waals surface area contributed by atoms with E-state index in [-0.39, 0.29) is 5.91 Å². The molecule has 80 valence electrons. The van der Waals surface area contributed by atoms with Crippen molar-refractivity contribution in [3.8, 4) is 0 Å². The standard InChI is InChI=1S/C10H18N2O2/c1-11(2)10(14)5-8-12-6-3-9(13)4-7-12/h3-8H2,1-2H3. The van der Waals surface area contributed by atoms with E-state index in [2.05, 4.69) is 4.90 Å². The molecule has 0 N–H and O–H groups in total. The minimum Gasteiger partial charge on any atom is -0.349 e. The lowest BCUT2D eigenvalue weighted by molar-refractivity contribution is -0.129. The van der Waals surface area contributed by atoms with Crippen molar-refractivity contribution in [1.82, 2.24) is 9.80 Å². The van der Waals surface area contributed by atoms with Gasteiger partial charge in [-0.1, -0.05) is 0 Å². The Morgan fingerprint density at radius 1 is 1.36 bits per heavy atom. The van der Waals surface area contributed by atoms with Gasteiger partial charge in [-0.05, 0) is 0 Å². The maximum atomic E-state index is 11.3. The summed E-state index contributed by atoms with van der Waals surface area (Å²) < 4.78 is 0. The Kier molecular flexibility index (Phi) is 4.07. The van der Waals surface area contributed by atoms with Gasteiger partial charge in [0.05, 0.1) is 0 Å². The van der Waals surface area contributed by atoms with E-state index in [4.69, 9.17) is 0 Å². The van der Waals surface area contributed by atoms with E-state index in [1.807, 2.05) is 0 Å². The Morgan fingerprint density at radius 2 is 1.93 bits per heavy atom. The van der Waals surface area contributed by atoms with Gasteiger partial charge in [-0.3, -0.25) is 9.59 Å². The average Bonchev–Trinajstić information content (AvgIpc) is 2.16. The predicted octanol–water partition coefficient (Wildman–Crippen LogP) is 0.130. The summed E-state index contributed by atoms with van der Waals surface area (Å²) in [5.41, 5.74) is 0. The van der Waals surface area contributed by atoms with Crippen LogP contribution in [0.4, 0.5) is 0 Å². The first-order chi connectivity index (χ1) is 6.59. The van der Waals surface area contributed by atoms with Crippen LogP contribution in [0.3, 0.4) is 0 Å². The van der Waals surface area contributed by atoms with Crippen molar-refractivity contribution in [3.05, 3.63) is 0 Å². The van der Waals surface area contributed by atoms with Crippen molar-refractivity contribution in [1.29, 1.82) is 0 Å². The second kappa shape index (κ2) is 5.10. The van der Waals surface area contributed by atoms with E-state index in [0.717, 1.165) is 19.6 Å². The molecule has 0 aromatic rings. The van der Waals surface area contributed by atoms with Gasteiger partial charge in [-0.25, -0.2) is 0 Å². The lowest BCUT2D eigenvalue weighted by atomic mass is 10.1. The summed E-state index contributed by atoms with van der Waals surface area (Å²) in [4.78, 5) is 26.0. The van der Waals surface area contributed by atoms with Gasteiger partial charge >= 0.3 is 0 Å². The van der Waals surface area contributed by atoms with Gasteiger partial charge in [0.2, 0.25) is 5.91 Å². The third-order valence-corrected chi connectivity index (χ3v) is 2.55. The fourth-order valence-corrected chi connectivity index (χ4v) is 1.50. The first-order valence-electron chi connectivity index (χ1n) is 5.04. The first kappa shape index (κ1) is 11.2. The molecule has 4 heteroatoms. The number of Topliss-reactive ketones (excluding diaryl/α,β-unsaturated/α-hetero) is 1. The Bertz CT molecular complexity index is 216. The molecular weight excluding hydrogens is 180 g/mol. The number of likely N-dealkylation sites (tertiary alicyclic amines) is 1. The SMILES string of the molecule is CN(C)C(=O)CCN1CCC(=O)CC1. The fourth-order valence-electron chi connectivity index (χ4n) is 1.50. The monoisotopic (exact) mass is 198 g/mol. The van der Waals surface area contributed by atoms with Crippen LogP contribution >= 0.6 is 0 Å². The number of amides is 1. The molecule has 1 rings (SSSR count). The highest BCUT2D eigenvalue weighted by atomic mass is 16.2. The first-order valence-corrected chi connectivity index (χ1v) is 5.04. The number of hydrogen-bond donors (Lipinski definition) is 0. The average molecular weight is 198 g/mol. The lowest BCUT2D eigenvalue weighted by Crippen LogP contribution is -2.36. The topological polar surface area (TPSA) is 40.6 Å². The number of piperidine rings is 1. The Labute approximate surface area is 84.9 Å². The van der Waals surface area contributed by atoms with Gasteiger partial charge in [-0.15, -0.1) is 0 Å². The fraction of sp³-hybridized carbons (Fsp3) is 0.800. The van der Waals surface area contributed by atoms with Crippen LogP contribution < -0.4 is 0 Å². The lowest BCUT2D eigenvalue weighted by Gasteiger charge is -2.25. The number of ketones is 1. The van der Waals surface area contributed by atoms with Crippen LogP contribution in [0.2, 0.25) is 0 Å². The molecule has 0 saturated carbocycles. The molecule has 14 heavy (non-hydrogen) atoms. The molecule has 1 fully saturated rings. The maximum absolute atomic E-state index is 11.3. The Hall–Kier alpha value is -0.900. The van der Waals surface area contributed by atoms with Gasteiger partial charge in [0.15, 0.2) is 0 Å². The van der Waals surface area contributed by atoms with Gasteiger partial charge < -0.3 is 9.80 Å². The summed E-state index contributed by atoms with van der Waals surface area (Å²) in [6.07, 6.45) is 1.85. The van der Waals surface area contributed by atoms with Gasteiger partial charge in [0.1, 0.15) is 5.78 Å². The largest absolute Gasteiger partial charge is 0.349 e. The highest BCUT2D eigenvalue weighted by molar-refractivity contribution is 5.79. The molecule has 1 saturated heterocycles. The van der Waals surface area contributed by atoms with Crippen LogP contribution in [0.15, 0.2) is 0 Å². The molecule has 0 atom stereocenters. The molecule has 4 nitrogen and oxygen atoms in total. The molecule has 1 aliphatic rings. The van der Waals surface area contributed by atoms with Crippen molar-refractivity contribution in [3.63, 3.8) is 0 Å². The van der Waals surface area contributed by atoms with E-state index in [0.29, 0.717) is 25.0 Å². The molecule has 0 spiro atoms. The highest BCUT2D eigenvalue weighted by Gasteiger charge is 2.16. The van der Waals surface area contributed by atoms with E-state index in [9.17, 15) is 9.59 Å². The van der Waals surface area contributed by atoms with Crippen molar-refractivity contribution in [2.24, 2.45) is 0 Å². The van der Waals surface area contributed by atoms with Crippen molar-refractivity contribution < 1.29 is 9.59 Å². The molecular formula is C10H18N2O2. The molecule has 0 aromatic heterocycles. The highest BCUT2D eigenvalue weighted by Crippen LogP contribution is 2.06. The van der Waals surface area contributed by atoms with Crippen LogP contribution in [0.5, 0.6) is 0 Å². The molecule has 0 aromatic carbocycles. The quantitative estimate of drug-likeness (QED) is 0.647. The van der Waals surface area contributed by atoms with Crippen molar-refractivity contribution >= 4 is 11.7 Å². The number of carbonyl (C=O) groups excluding carboxylic acids is 2. The third-order valence-electron chi connectivity index (χ3n) is 2.55. The molecule has 0 unspecified atom stereocenters. The van der Waals surface area contributed by atoms with Crippen LogP contribution in [0.25, 0.3) is 0 Å². The molecule has 0 aliphatic carbocycles.